The Hall–Kier alpha value is -1.13. The monoisotopic (exact) mass is 280 g/mol. The Bertz CT molecular complexity index is 432. The summed E-state index contributed by atoms with van der Waals surface area (Å²) < 4.78 is 5.43. The molecule has 2 N–H and O–H groups in total. The van der Waals surface area contributed by atoms with Crippen LogP contribution < -0.4 is 10.5 Å². The third-order valence-electron chi connectivity index (χ3n) is 3.19. The minimum atomic E-state index is 0.444. The molecular weight excluding hydrogens is 256 g/mol. The molecule has 0 atom stereocenters. The molecule has 4 heteroatoms. The Kier molecular flexibility index (Phi) is 6.25. The molecule has 1 rings (SSSR count). The topological polar surface area (TPSA) is 38.5 Å². The first kappa shape index (κ1) is 15.9. The Morgan fingerprint density at radius 3 is 2.63 bits per heavy atom. The van der Waals surface area contributed by atoms with E-state index in [-0.39, 0.29) is 0 Å². The lowest BCUT2D eigenvalue weighted by molar-refractivity contribution is 0.216. The number of benzene rings is 1. The molecule has 0 heterocycles. The van der Waals surface area contributed by atoms with Crippen molar-refractivity contribution in [2.45, 2.75) is 39.8 Å². The number of nitrogens with two attached hydrogens (primary N) is 1. The maximum atomic E-state index is 5.59. The van der Waals surface area contributed by atoms with Crippen LogP contribution in [0.2, 0.25) is 0 Å². The van der Waals surface area contributed by atoms with Gasteiger partial charge in [-0.25, -0.2) is 0 Å². The summed E-state index contributed by atoms with van der Waals surface area (Å²) in [6, 6.07) is 6.71. The van der Waals surface area contributed by atoms with Crippen molar-refractivity contribution in [3.8, 4) is 5.75 Å². The minimum absolute atomic E-state index is 0.444. The van der Waals surface area contributed by atoms with E-state index in [9.17, 15) is 0 Å². The summed E-state index contributed by atoms with van der Waals surface area (Å²) in [5.41, 5.74) is 8.05. The van der Waals surface area contributed by atoms with Gasteiger partial charge in [0, 0.05) is 31.1 Å². The summed E-state index contributed by atoms with van der Waals surface area (Å²) in [6.45, 7) is 8.19. The van der Waals surface area contributed by atoms with Crippen molar-refractivity contribution in [1.82, 2.24) is 4.90 Å². The fourth-order valence-electron chi connectivity index (χ4n) is 2.02. The first-order chi connectivity index (χ1) is 8.93. The van der Waals surface area contributed by atoms with E-state index in [1.165, 1.54) is 11.1 Å². The van der Waals surface area contributed by atoms with E-state index in [1.807, 2.05) is 6.07 Å². The van der Waals surface area contributed by atoms with Gasteiger partial charge < -0.3 is 10.5 Å². The summed E-state index contributed by atoms with van der Waals surface area (Å²) in [5.74, 6) is 0.937. The molecule has 3 nitrogen and oxygen atoms in total. The van der Waals surface area contributed by atoms with Crippen molar-refractivity contribution in [2.24, 2.45) is 5.73 Å². The van der Waals surface area contributed by atoms with Gasteiger partial charge in [-0.15, -0.1) is 0 Å². The molecule has 0 bridgehead atoms. The maximum absolute atomic E-state index is 5.59. The van der Waals surface area contributed by atoms with Crippen molar-refractivity contribution in [3.05, 3.63) is 29.3 Å². The van der Waals surface area contributed by atoms with E-state index in [0.29, 0.717) is 11.0 Å². The van der Waals surface area contributed by atoms with E-state index in [1.54, 1.807) is 7.11 Å². The van der Waals surface area contributed by atoms with Gasteiger partial charge in [0.2, 0.25) is 0 Å². The predicted octanol–water partition coefficient (Wildman–Crippen LogP) is 2.89. The van der Waals surface area contributed by atoms with Crippen LogP contribution in [0, 0.1) is 6.92 Å². The van der Waals surface area contributed by atoms with Crippen LogP contribution in [0.25, 0.3) is 0 Å². The van der Waals surface area contributed by atoms with E-state index in [2.05, 4.69) is 37.8 Å². The minimum Gasteiger partial charge on any atom is -0.496 e. The van der Waals surface area contributed by atoms with Crippen molar-refractivity contribution in [1.29, 1.82) is 0 Å². The molecule has 1 aromatic carbocycles. The molecule has 0 unspecified atom stereocenters. The summed E-state index contributed by atoms with van der Waals surface area (Å²) >= 11 is 4.96. The molecule has 0 aromatic heterocycles. The summed E-state index contributed by atoms with van der Waals surface area (Å²) in [7, 11) is 1.71. The molecule has 0 saturated carbocycles. The molecule has 0 fully saturated rings. The standard InChI is InChI=1S/C15H24N2OS/c1-11(2)17(8-7-15(16)19)10-13-9-12(3)5-6-14(13)18-4/h5-6,9,11H,7-8,10H2,1-4H3,(H2,16,19). The zero-order valence-electron chi connectivity index (χ0n) is 12.3. The van der Waals surface area contributed by atoms with Crippen LogP contribution in [0.3, 0.4) is 0 Å². The molecule has 1 aromatic rings. The Labute approximate surface area is 121 Å². The fraction of sp³-hybridized carbons (Fsp3) is 0.533. The van der Waals surface area contributed by atoms with Crippen molar-refractivity contribution < 1.29 is 4.74 Å². The molecule has 0 aliphatic carbocycles. The van der Waals surface area contributed by atoms with Crippen LogP contribution in [-0.4, -0.2) is 29.6 Å². The highest BCUT2D eigenvalue weighted by atomic mass is 32.1. The molecule has 0 spiro atoms. The van der Waals surface area contributed by atoms with Crippen molar-refractivity contribution >= 4 is 17.2 Å². The molecule has 0 saturated heterocycles. The molecule has 0 radical (unpaired) electrons. The van der Waals surface area contributed by atoms with Gasteiger partial charge >= 0.3 is 0 Å². The highest BCUT2D eigenvalue weighted by Crippen LogP contribution is 2.22. The van der Waals surface area contributed by atoms with Gasteiger partial charge in [-0.2, -0.15) is 0 Å². The molecule has 0 amide bonds. The number of hydrogen-bond donors (Lipinski definition) is 1. The van der Waals surface area contributed by atoms with Crippen molar-refractivity contribution in [3.63, 3.8) is 0 Å². The summed E-state index contributed by atoms with van der Waals surface area (Å²) in [4.78, 5) is 2.93. The first-order valence-electron chi connectivity index (χ1n) is 6.60. The second-order valence-corrected chi connectivity index (χ2v) is 5.62. The lowest BCUT2D eigenvalue weighted by Crippen LogP contribution is -2.33. The number of hydrogen-bond acceptors (Lipinski definition) is 3. The Morgan fingerprint density at radius 2 is 2.11 bits per heavy atom. The van der Waals surface area contributed by atoms with Crippen LogP contribution in [0.15, 0.2) is 18.2 Å². The average Bonchev–Trinajstić information content (AvgIpc) is 2.34. The number of rotatable bonds is 7. The smallest absolute Gasteiger partial charge is 0.123 e. The average molecular weight is 280 g/mol. The zero-order valence-corrected chi connectivity index (χ0v) is 13.1. The van der Waals surface area contributed by atoms with Crippen LogP contribution >= 0.6 is 12.2 Å². The van der Waals surface area contributed by atoms with E-state index in [4.69, 9.17) is 22.7 Å². The second kappa shape index (κ2) is 7.46. The van der Waals surface area contributed by atoms with Gasteiger partial charge in [0.1, 0.15) is 5.75 Å². The van der Waals surface area contributed by atoms with Gasteiger partial charge in [0.25, 0.3) is 0 Å². The van der Waals surface area contributed by atoms with Gasteiger partial charge in [0.05, 0.1) is 12.1 Å². The second-order valence-electron chi connectivity index (χ2n) is 5.10. The zero-order chi connectivity index (χ0) is 14.4. The number of methoxy groups -OCH3 is 1. The molecule has 106 valence electrons. The molecular formula is C15H24N2OS. The lowest BCUT2D eigenvalue weighted by atomic mass is 10.1. The van der Waals surface area contributed by atoms with Gasteiger partial charge in [-0.05, 0) is 26.8 Å². The fourth-order valence-corrected chi connectivity index (χ4v) is 2.11. The third-order valence-corrected chi connectivity index (χ3v) is 3.39. The van der Waals surface area contributed by atoms with Crippen LogP contribution in [0.4, 0.5) is 0 Å². The Morgan fingerprint density at radius 1 is 1.42 bits per heavy atom. The number of aryl methyl sites for hydroxylation is 1. The van der Waals surface area contributed by atoms with Gasteiger partial charge in [0.15, 0.2) is 0 Å². The molecule has 19 heavy (non-hydrogen) atoms. The predicted molar refractivity (Wildman–Crippen MR) is 84.7 cm³/mol. The number of ether oxygens (including phenoxy) is 1. The highest BCUT2D eigenvalue weighted by molar-refractivity contribution is 7.80. The van der Waals surface area contributed by atoms with E-state index >= 15 is 0 Å². The van der Waals surface area contributed by atoms with Crippen LogP contribution in [0.1, 0.15) is 31.4 Å². The third kappa shape index (κ3) is 5.17. The van der Waals surface area contributed by atoms with Crippen LogP contribution in [-0.2, 0) is 6.54 Å². The summed E-state index contributed by atoms with van der Waals surface area (Å²) in [6.07, 6.45) is 0.752. The van der Waals surface area contributed by atoms with E-state index < -0.39 is 0 Å². The first-order valence-corrected chi connectivity index (χ1v) is 7.00. The highest BCUT2D eigenvalue weighted by Gasteiger charge is 2.13. The van der Waals surface area contributed by atoms with Gasteiger partial charge in [-0.1, -0.05) is 29.9 Å². The quantitative estimate of drug-likeness (QED) is 0.780. The summed E-state index contributed by atoms with van der Waals surface area (Å²) in [5, 5.41) is 0. The SMILES string of the molecule is COc1ccc(C)cc1CN(CCC(N)=S)C(C)C. The molecule has 0 aliphatic rings. The van der Waals surface area contributed by atoms with Crippen LogP contribution in [0.5, 0.6) is 5.75 Å². The van der Waals surface area contributed by atoms with Crippen molar-refractivity contribution in [2.75, 3.05) is 13.7 Å². The Balaban J connectivity index is 2.83. The lowest BCUT2D eigenvalue weighted by Gasteiger charge is -2.27. The normalized spacial score (nSPS) is 11.1. The van der Waals surface area contributed by atoms with E-state index in [0.717, 1.165) is 25.3 Å². The number of nitrogens with zero attached hydrogens (tertiary/aromatic N) is 1. The maximum Gasteiger partial charge on any atom is 0.123 e. The van der Waals surface area contributed by atoms with Gasteiger partial charge in [-0.3, -0.25) is 4.90 Å². The largest absolute Gasteiger partial charge is 0.496 e. The number of thiocarbonyl (C=S) groups is 1. The molecule has 0 aliphatic heterocycles.